The molecule has 0 atom stereocenters. The molecule has 25 heavy (non-hydrogen) atoms. The van der Waals surface area contributed by atoms with Gasteiger partial charge in [0, 0.05) is 55.1 Å². The topological polar surface area (TPSA) is 75.4 Å². The van der Waals surface area contributed by atoms with Gasteiger partial charge in [-0.05, 0) is 42.5 Å². The second kappa shape index (κ2) is 7.01. The number of aromatic nitrogens is 2. The van der Waals surface area contributed by atoms with Crippen molar-refractivity contribution in [3.05, 3.63) is 41.9 Å². The number of fused-ring (bicyclic) bond motifs is 1. The van der Waals surface area contributed by atoms with Gasteiger partial charge in [-0.25, -0.2) is 14.1 Å². The van der Waals surface area contributed by atoms with Crippen LogP contribution in [-0.2, 0) is 13.0 Å². The Morgan fingerprint density at radius 2 is 2.04 bits per heavy atom. The number of amides is 2. The Hall–Kier alpha value is -2.12. The van der Waals surface area contributed by atoms with Crippen molar-refractivity contribution in [2.75, 3.05) is 23.7 Å². The molecule has 2 aromatic heterocycles. The van der Waals surface area contributed by atoms with Gasteiger partial charge in [0.25, 0.3) is 0 Å². The molecule has 0 radical (unpaired) electrons. The fourth-order valence-corrected chi connectivity index (χ4v) is 4.41. The molecule has 130 valence electrons. The summed E-state index contributed by atoms with van der Waals surface area (Å²) in [6, 6.07) is 3.86. The normalized spacial score (nSPS) is 17.5. The Morgan fingerprint density at radius 3 is 2.84 bits per heavy atom. The first kappa shape index (κ1) is 16.4. The lowest BCUT2D eigenvalue weighted by molar-refractivity contribution is 0.253. The number of nitrogens with two attached hydrogens (primary N) is 1. The standard InChI is InChI=1S/C18H21N5OS/c19-18(24)23-5-1-3-14-8-16(11-21-17(14)23)15-7-13(9-20-10-15)12-22-4-2-6-25-22/h7-11H,1-6,12H2,(H2,19,24). The summed E-state index contributed by atoms with van der Waals surface area (Å²) >= 11 is 1.90. The van der Waals surface area contributed by atoms with Crippen LogP contribution in [0.25, 0.3) is 11.1 Å². The van der Waals surface area contributed by atoms with E-state index in [0.717, 1.165) is 42.6 Å². The molecular weight excluding hydrogens is 334 g/mol. The highest BCUT2D eigenvalue weighted by Crippen LogP contribution is 2.30. The Morgan fingerprint density at radius 1 is 1.16 bits per heavy atom. The molecule has 2 aliphatic heterocycles. The molecule has 0 spiro atoms. The van der Waals surface area contributed by atoms with E-state index in [1.54, 1.807) is 4.90 Å². The number of carbonyl (C=O) groups excluding carboxylic acids is 1. The van der Waals surface area contributed by atoms with Crippen molar-refractivity contribution in [1.29, 1.82) is 0 Å². The number of pyridine rings is 2. The monoisotopic (exact) mass is 355 g/mol. The highest BCUT2D eigenvalue weighted by molar-refractivity contribution is 7.97. The van der Waals surface area contributed by atoms with Crippen molar-refractivity contribution in [3.8, 4) is 11.1 Å². The third kappa shape index (κ3) is 3.48. The summed E-state index contributed by atoms with van der Waals surface area (Å²) in [7, 11) is 0. The fraction of sp³-hybridized carbons (Fsp3) is 0.389. The van der Waals surface area contributed by atoms with Crippen molar-refractivity contribution >= 4 is 23.8 Å². The fourth-order valence-electron chi connectivity index (χ4n) is 3.40. The average Bonchev–Trinajstić information content (AvgIpc) is 3.14. The van der Waals surface area contributed by atoms with Gasteiger partial charge in [0.05, 0.1) is 0 Å². The molecule has 2 aliphatic rings. The van der Waals surface area contributed by atoms with Crippen LogP contribution in [-0.4, -0.2) is 39.1 Å². The van der Waals surface area contributed by atoms with Crippen LogP contribution in [0.3, 0.4) is 0 Å². The minimum absolute atomic E-state index is 0.437. The van der Waals surface area contributed by atoms with E-state index in [2.05, 4.69) is 26.4 Å². The molecule has 1 saturated heterocycles. The Balaban J connectivity index is 1.60. The first-order chi connectivity index (χ1) is 12.2. The molecule has 1 fully saturated rings. The van der Waals surface area contributed by atoms with E-state index in [0.29, 0.717) is 12.4 Å². The van der Waals surface area contributed by atoms with E-state index in [9.17, 15) is 4.79 Å². The number of rotatable bonds is 3. The summed E-state index contributed by atoms with van der Waals surface area (Å²) in [6.07, 6.45) is 8.69. The van der Waals surface area contributed by atoms with Crippen molar-refractivity contribution in [2.24, 2.45) is 5.73 Å². The second-order valence-electron chi connectivity index (χ2n) is 6.43. The molecule has 0 aromatic carbocycles. The lowest BCUT2D eigenvalue weighted by Crippen LogP contribution is -2.40. The minimum atomic E-state index is -0.437. The number of hydrogen-bond acceptors (Lipinski definition) is 5. The zero-order valence-corrected chi connectivity index (χ0v) is 14.8. The quantitative estimate of drug-likeness (QED) is 0.857. The summed E-state index contributed by atoms with van der Waals surface area (Å²) in [4.78, 5) is 22.1. The maximum Gasteiger partial charge on any atom is 0.320 e. The van der Waals surface area contributed by atoms with Crippen molar-refractivity contribution < 1.29 is 4.79 Å². The van der Waals surface area contributed by atoms with Gasteiger partial charge in [0.15, 0.2) is 0 Å². The Labute approximate surface area is 151 Å². The van der Waals surface area contributed by atoms with Gasteiger partial charge in [-0.2, -0.15) is 0 Å². The number of aryl methyl sites for hydroxylation is 1. The SMILES string of the molecule is NC(=O)N1CCCc2cc(-c3cncc(CN4CCCS4)c3)cnc21. The molecule has 4 rings (SSSR count). The van der Waals surface area contributed by atoms with Gasteiger partial charge in [-0.3, -0.25) is 9.88 Å². The summed E-state index contributed by atoms with van der Waals surface area (Å²) in [5.41, 5.74) is 9.84. The largest absolute Gasteiger partial charge is 0.351 e. The zero-order valence-electron chi connectivity index (χ0n) is 14.0. The molecule has 0 unspecified atom stereocenters. The maximum absolute atomic E-state index is 11.6. The van der Waals surface area contributed by atoms with Gasteiger partial charge in [0.1, 0.15) is 5.82 Å². The zero-order chi connectivity index (χ0) is 17.2. The molecular formula is C18H21N5OS. The van der Waals surface area contributed by atoms with E-state index in [-0.39, 0.29) is 0 Å². The van der Waals surface area contributed by atoms with E-state index >= 15 is 0 Å². The number of urea groups is 1. The van der Waals surface area contributed by atoms with Gasteiger partial charge in [-0.15, -0.1) is 0 Å². The maximum atomic E-state index is 11.6. The van der Waals surface area contributed by atoms with Crippen LogP contribution in [0.5, 0.6) is 0 Å². The molecule has 0 bridgehead atoms. The summed E-state index contributed by atoms with van der Waals surface area (Å²) in [5, 5.41) is 0. The number of carbonyl (C=O) groups is 1. The first-order valence-corrected chi connectivity index (χ1v) is 9.53. The van der Waals surface area contributed by atoms with Gasteiger partial charge in [0.2, 0.25) is 0 Å². The third-order valence-corrected chi connectivity index (χ3v) is 5.75. The van der Waals surface area contributed by atoms with Gasteiger partial charge in [-0.1, -0.05) is 11.9 Å². The lowest BCUT2D eigenvalue weighted by Gasteiger charge is -2.26. The number of anilines is 1. The molecule has 7 heteroatoms. The molecule has 4 heterocycles. The van der Waals surface area contributed by atoms with E-state index in [1.807, 2.05) is 30.5 Å². The number of primary amides is 1. The molecule has 0 saturated carbocycles. The number of hydrogen-bond donors (Lipinski definition) is 1. The predicted molar refractivity (Wildman–Crippen MR) is 100 cm³/mol. The predicted octanol–water partition coefficient (Wildman–Crippen LogP) is 2.83. The third-order valence-electron chi connectivity index (χ3n) is 4.61. The highest BCUT2D eigenvalue weighted by Gasteiger charge is 2.22. The average molecular weight is 355 g/mol. The van der Waals surface area contributed by atoms with E-state index in [4.69, 9.17) is 5.73 Å². The summed E-state index contributed by atoms with van der Waals surface area (Å²) in [6.45, 7) is 2.69. The van der Waals surface area contributed by atoms with Crippen LogP contribution >= 0.6 is 11.9 Å². The first-order valence-electron chi connectivity index (χ1n) is 8.59. The highest BCUT2D eigenvalue weighted by atomic mass is 32.2. The van der Waals surface area contributed by atoms with Crippen LogP contribution in [0.15, 0.2) is 30.7 Å². The van der Waals surface area contributed by atoms with Crippen LogP contribution in [0.2, 0.25) is 0 Å². The van der Waals surface area contributed by atoms with Crippen molar-refractivity contribution in [1.82, 2.24) is 14.3 Å². The van der Waals surface area contributed by atoms with Crippen LogP contribution in [0.4, 0.5) is 10.6 Å². The van der Waals surface area contributed by atoms with Crippen molar-refractivity contribution in [2.45, 2.75) is 25.8 Å². The molecule has 0 aliphatic carbocycles. The summed E-state index contributed by atoms with van der Waals surface area (Å²) in [5.74, 6) is 1.90. The lowest BCUT2D eigenvalue weighted by atomic mass is 10.0. The van der Waals surface area contributed by atoms with E-state index < -0.39 is 6.03 Å². The van der Waals surface area contributed by atoms with Crippen molar-refractivity contribution in [3.63, 3.8) is 0 Å². The minimum Gasteiger partial charge on any atom is -0.351 e. The number of nitrogens with zero attached hydrogens (tertiary/aromatic N) is 4. The summed E-state index contributed by atoms with van der Waals surface area (Å²) < 4.78 is 2.39. The van der Waals surface area contributed by atoms with Gasteiger partial charge >= 0.3 is 6.03 Å². The molecule has 2 aromatic rings. The van der Waals surface area contributed by atoms with Gasteiger partial charge < -0.3 is 5.73 Å². The molecule has 2 amide bonds. The Bertz CT molecular complexity index is 791. The van der Waals surface area contributed by atoms with Crippen LogP contribution < -0.4 is 10.6 Å². The van der Waals surface area contributed by atoms with Crippen LogP contribution in [0.1, 0.15) is 24.0 Å². The Kier molecular flexibility index (Phi) is 4.59. The van der Waals surface area contributed by atoms with E-state index in [1.165, 1.54) is 17.7 Å². The molecule has 2 N–H and O–H groups in total. The second-order valence-corrected chi connectivity index (χ2v) is 7.62. The van der Waals surface area contributed by atoms with Crippen LogP contribution in [0, 0.1) is 0 Å². The smallest absolute Gasteiger partial charge is 0.320 e. The molecule has 6 nitrogen and oxygen atoms in total.